The molecule has 0 spiro atoms. The molecule has 1 aliphatic heterocycles. The summed E-state index contributed by atoms with van der Waals surface area (Å²) in [6.07, 6.45) is 4.78. The molecule has 1 atom stereocenters. The van der Waals surface area contributed by atoms with E-state index in [0.717, 1.165) is 57.3 Å². The minimum absolute atomic E-state index is 0.749. The van der Waals surface area contributed by atoms with E-state index in [1.807, 2.05) is 4.68 Å². The van der Waals surface area contributed by atoms with Gasteiger partial charge in [0.15, 0.2) is 5.82 Å². The van der Waals surface area contributed by atoms with E-state index in [2.05, 4.69) is 27.3 Å². The van der Waals surface area contributed by atoms with Crippen molar-refractivity contribution in [2.45, 2.75) is 45.7 Å². The zero-order chi connectivity index (χ0) is 12.8. The van der Waals surface area contributed by atoms with Gasteiger partial charge >= 0.3 is 0 Å². The predicted octanol–water partition coefficient (Wildman–Crippen LogP) is 0.644. The maximum Gasteiger partial charge on any atom is 0.165 e. The molecule has 6 heteroatoms. The number of aromatic nitrogens is 4. The van der Waals surface area contributed by atoms with Gasteiger partial charge in [0.2, 0.25) is 0 Å². The van der Waals surface area contributed by atoms with E-state index < -0.39 is 0 Å². The molecule has 0 bridgehead atoms. The van der Waals surface area contributed by atoms with Crippen molar-refractivity contribution in [2.75, 3.05) is 19.6 Å². The Balaban J connectivity index is 1.89. The molecule has 1 aromatic rings. The Kier molecular flexibility index (Phi) is 5.07. The minimum Gasteiger partial charge on any atom is -0.330 e. The number of nitrogens with two attached hydrogens (primary N) is 1. The second-order valence-corrected chi connectivity index (χ2v) is 5.14. The summed E-state index contributed by atoms with van der Waals surface area (Å²) in [6, 6.07) is 0. The molecule has 0 saturated carbocycles. The number of tetrazole rings is 1. The summed E-state index contributed by atoms with van der Waals surface area (Å²) in [6.45, 7) is 7.00. The summed E-state index contributed by atoms with van der Waals surface area (Å²) in [4.78, 5) is 2.46. The Bertz CT molecular complexity index is 348. The van der Waals surface area contributed by atoms with Crippen LogP contribution in [0.3, 0.4) is 0 Å². The first-order valence-electron chi connectivity index (χ1n) is 7.01. The van der Waals surface area contributed by atoms with Crippen molar-refractivity contribution in [1.29, 1.82) is 0 Å². The Morgan fingerprint density at radius 3 is 3.11 bits per heavy atom. The lowest BCUT2D eigenvalue weighted by Gasteiger charge is -2.32. The summed E-state index contributed by atoms with van der Waals surface area (Å²) in [5.41, 5.74) is 5.65. The molecule has 102 valence electrons. The molecule has 2 rings (SSSR count). The molecule has 2 heterocycles. The topological polar surface area (TPSA) is 72.9 Å². The average Bonchev–Trinajstić information content (AvgIpc) is 2.78. The van der Waals surface area contributed by atoms with Crippen LogP contribution < -0.4 is 5.73 Å². The van der Waals surface area contributed by atoms with E-state index in [1.54, 1.807) is 0 Å². The highest BCUT2D eigenvalue weighted by Crippen LogP contribution is 2.20. The normalized spacial score (nSPS) is 21.3. The monoisotopic (exact) mass is 252 g/mol. The molecule has 0 amide bonds. The largest absolute Gasteiger partial charge is 0.330 e. The highest BCUT2D eigenvalue weighted by molar-refractivity contribution is 4.83. The van der Waals surface area contributed by atoms with Crippen LogP contribution in [0.5, 0.6) is 0 Å². The summed E-state index contributed by atoms with van der Waals surface area (Å²) >= 11 is 0. The molecule has 0 aliphatic carbocycles. The fraction of sp³-hybridized carbons (Fsp3) is 0.917. The molecule has 1 fully saturated rings. The lowest BCUT2D eigenvalue weighted by atomic mass is 9.95. The van der Waals surface area contributed by atoms with Gasteiger partial charge in [-0.3, -0.25) is 4.90 Å². The van der Waals surface area contributed by atoms with Gasteiger partial charge in [0.1, 0.15) is 0 Å². The summed E-state index contributed by atoms with van der Waals surface area (Å²) < 4.78 is 1.92. The van der Waals surface area contributed by atoms with Crippen molar-refractivity contribution in [1.82, 2.24) is 25.1 Å². The van der Waals surface area contributed by atoms with E-state index in [1.165, 1.54) is 12.8 Å². The molecular formula is C12H24N6. The van der Waals surface area contributed by atoms with Crippen LogP contribution in [0.1, 0.15) is 38.4 Å². The molecular weight excluding hydrogens is 228 g/mol. The van der Waals surface area contributed by atoms with E-state index in [9.17, 15) is 0 Å². The van der Waals surface area contributed by atoms with Gasteiger partial charge in [-0.15, -0.1) is 5.10 Å². The lowest BCUT2D eigenvalue weighted by molar-refractivity contribution is 0.157. The summed E-state index contributed by atoms with van der Waals surface area (Å²) in [5.74, 6) is 1.74. The number of piperidine rings is 1. The van der Waals surface area contributed by atoms with Gasteiger partial charge in [-0.25, -0.2) is 4.68 Å². The van der Waals surface area contributed by atoms with Crippen LogP contribution in [0, 0.1) is 5.92 Å². The fourth-order valence-corrected chi connectivity index (χ4v) is 2.69. The van der Waals surface area contributed by atoms with Crippen LogP contribution in [0.15, 0.2) is 0 Å². The van der Waals surface area contributed by atoms with Crippen LogP contribution >= 0.6 is 0 Å². The van der Waals surface area contributed by atoms with Crippen molar-refractivity contribution in [2.24, 2.45) is 11.7 Å². The van der Waals surface area contributed by atoms with Gasteiger partial charge in [-0.1, -0.05) is 6.92 Å². The van der Waals surface area contributed by atoms with E-state index >= 15 is 0 Å². The van der Waals surface area contributed by atoms with Crippen molar-refractivity contribution in [3.8, 4) is 0 Å². The van der Waals surface area contributed by atoms with Crippen LogP contribution in [0.2, 0.25) is 0 Å². The maximum atomic E-state index is 5.65. The first kappa shape index (κ1) is 13.4. The molecule has 18 heavy (non-hydrogen) atoms. The first-order valence-corrected chi connectivity index (χ1v) is 7.01. The van der Waals surface area contributed by atoms with Gasteiger partial charge in [-0.05, 0) is 55.1 Å². The van der Waals surface area contributed by atoms with Crippen LogP contribution in [-0.4, -0.2) is 44.7 Å². The Morgan fingerprint density at radius 1 is 1.44 bits per heavy atom. The third-order valence-electron chi connectivity index (χ3n) is 3.58. The fourth-order valence-electron chi connectivity index (χ4n) is 2.69. The van der Waals surface area contributed by atoms with Gasteiger partial charge in [0.05, 0.1) is 6.54 Å². The van der Waals surface area contributed by atoms with E-state index in [0.29, 0.717) is 0 Å². The molecule has 2 N–H and O–H groups in total. The molecule has 1 unspecified atom stereocenters. The van der Waals surface area contributed by atoms with Crippen molar-refractivity contribution >= 4 is 0 Å². The molecule has 1 saturated heterocycles. The molecule has 6 nitrogen and oxygen atoms in total. The first-order chi connectivity index (χ1) is 8.83. The van der Waals surface area contributed by atoms with E-state index in [-0.39, 0.29) is 0 Å². The standard InChI is InChI=1S/C12H24N6/c1-2-7-18-12(14-15-16-18)10-17-8-3-4-11(9-17)5-6-13/h11H,2-10,13H2,1H3. The number of nitrogens with zero attached hydrogens (tertiary/aromatic N) is 5. The smallest absolute Gasteiger partial charge is 0.165 e. The summed E-state index contributed by atoms with van der Waals surface area (Å²) in [7, 11) is 0. The quantitative estimate of drug-likeness (QED) is 0.804. The number of aryl methyl sites for hydroxylation is 1. The third-order valence-corrected chi connectivity index (χ3v) is 3.58. The van der Waals surface area contributed by atoms with Gasteiger partial charge in [0, 0.05) is 13.1 Å². The number of hydrogen-bond acceptors (Lipinski definition) is 5. The molecule has 0 aromatic carbocycles. The zero-order valence-corrected chi connectivity index (χ0v) is 11.3. The van der Waals surface area contributed by atoms with E-state index in [4.69, 9.17) is 5.73 Å². The Hall–Kier alpha value is -1.01. The Morgan fingerprint density at radius 2 is 2.33 bits per heavy atom. The van der Waals surface area contributed by atoms with Crippen LogP contribution in [0.4, 0.5) is 0 Å². The van der Waals surface area contributed by atoms with Gasteiger partial charge in [0.25, 0.3) is 0 Å². The molecule has 1 aromatic heterocycles. The number of likely N-dealkylation sites (tertiary alicyclic amines) is 1. The number of rotatable bonds is 6. The maximum absolute atomic E-state index is 5.65. The van der Waals surface area contributed by atoms with Crippen molar-refractivity contribution < 1.29 is 0 Å². The molecule has 1 aliphatic rings. The van der Waals surface area contributed by atoms with Crippen molar-refractivity contribution in [3.05, 3.63) is 5.82 Å². The third kappa shape index (κ3) is 3.49. The SMILES string of the molecule is CCCn1nnnc1CN1CCCC(CCN)C1. The summed E-state index contributed by atoms with van der Waals surface area (Å²) in [5, 5.41) is 11.9. The zero-order valence-electron chi connectivity index (χ0n) is 11.3. The minimum atomic E-state index is 0.749. The van der Waals surface area contributed by atoms with Gasteiger partial charge < -0.3 is 5.73 Å². The second-order valence-electron chi connectivity index (χ2n) is 5.14. The van der Waals surface area contributed by atoms with Gasteiger partial charge in [-0.2, -0.15) is 0 Å². The Labute approximate surface area is 109 Å². The lowest BCUT2D eigenvalue weighted by Crippen LogP contribution is -2.36. The predicted molar refractivity (Wildman–Crippen MR) is 69.8 cm³/mol. The van der Waals surface area contributed by atoms with Crippen LogP contribution in [0.25, 0.3) is 0 Å². The average molecular weight is 252 g/mol. The van der Waals surface area contributed by atoms with Crippen molar-refractivity contribution in [3.63, 3.8) is 0 Å². The molecule has 0 radical (unpaired) electrons. The number of hydrogen-bond donors (Lipinski definition) is 1. The highest BCUT2D eigenvalue weighted by atomic mass is 15.5. The van der Waals surface area contributed by atoms with Crippen LogP contribution in [-0.2, 0) is 13.1 Å². The second kappa shape index (κ2) is 6.80. The highest BCUT2D eigenvalue weighted by Gasteiger charge is 2.21.